The summed E-state index contributed by atoms with van der Waals surface area (Å²) in [5.74, 6) is 0. The van der Waals surface area contributed by atoms with Crippen LogP contribution in [0.25, 0.3) is 10.2 Å². The van der Waals surface area contributed by atoms with Crippen molar-refractivity contribution < 1.29 is 27.4 Å². The molecule has 0 aromatic carbocycles. The van der Waals surface area contributed by atoms with Crippen LogP contribution in [-0.4, -0.2) is 46.4 Å². The van der Waals surface area contributed by atoms with Crippen molar-refractivity contribution in [2.75, 3.05) is 7.11 Å². The number of aryl methyl sites for hydroxylation is 2. The lowest BCUT2D eigenvalue weighted by Crippen LogP contribution is -2.42. The van der Waals surface area contributed by atoms with E-state index in [0.29, 0.717) is 10.4 Å². The Balaban J connectivity index is 2.56. The summed E-state index contributed by atoms with van der Waals surface area (Å²) in [6, 6.07) is 0. The van der Waals surface area contributed by atoms with Crippen LogP contribution in [0.2, 0.25) is 0 Å². The lowest BCUT2D eigenvalue weighted by Gasteiger charge is -2.18. The molecule has 0 aliphatic rings. The molecule has 0 bridgehead atoms. The molecular weight excluding hydrogens is 465 g/mol. The summed E-state index contributed by atoms with van der Waals surface area (Å²) in [6.07, 6.45) is -5.78. The second-order valence-corrected chi connectivity index (χ2v) is 9.44. The fraction of sp³-hybridized carbons (Fsp3) is 0.600. The number of nitrogens with zero attached hydrogens (tertiary/aromatic N) is 3. The van der Waals surface area contributed by atoms with Gasteiger partial charge in [-0.15, -0.1) is 11.3 Å². The lowest BCUT2D eigenvalue weighted by atomic mass is 10.2. The van der Waals surface area contributed by atoms with Gasteiger partial charge in [-0.2, -0.15) is 18.3 Å². The number of methoxy groups -OCH3 is 1. The summed E-state index contributed by atoms with van der Waals surface area (Å²) in [4.78, 5) is 38.3. The maximum atomic E-state index is 13.1. The largest absolute Gasteiger partial charge is 0.443 e. The van der Waals surface area contributed by atoms with Crippen LogP contribution < -0.4 is 16.7 Å². The molecule has 2 heterocycles. The highest BCUT2D eigenvalue weighted by Crippen LogP contribution is 2.28. The predicted molar refractivity (Wildman–Crippen MR) is 119 cm³/mol. The highest BCUT2D eigenvalue weighted by Gasteiger charge is 2.29. The second kappa shape index (κ2) is 10.1. The van der Waals surface area contributed by atoms with Gasteiger partial charge >= 0.3 is 18.0 Å². The van der Waals surface area contributed by atoms with Gasteiger partial charge < -0.3 is 9.47 Å². The molecule has 1 unspecified atom stereocenters. The third kappa shape index (κ3) is 6.90. The van der Waals surface area contributed by atoms with E-state index in [4.69, 9.17) is 9.47 Å². The van der Waals surface area contributed by atoms with Crippen LogP contribution in [0, 0.1) is 6.92 Å². The lowest BCUT2D eigenvalue weighted by molar-refractivity contribution is -0.136. The highest BCUT2D eigenvalue weighted by molar-refractivity contribution is 7.20. The number of hydrogen-bond donors (Lipinski definition) is 1. The Morgan fingerprint density at radius 1 is 1.24 bits per heavy atom. The molecule has 1 N–H and O–H groups in total. The second-order valence-electron chi connectivity index (χ2n) is 8.40. The van der Waals surface area contributed by atoms with E-state index in [0.717, 1.165) is 20.5 Å². The van der Waals surface area contributed by atoms with E-state index in [9.17, 15) is 27.6 Å². The first-order chi connectivity index (χ1) is 15.1. The van der Waals surface area contributed by atoms with Crippen molar-refractivity contribution in [3.8, 4) is 0 Å². The van der Waals surface area contributed by atoms with Crippen LogP contribution in [0.3, 0.4) is 0 Å². The van der Waals surface area contributed by atoms with Gasteiger partial charge in [0.2, 0.25) is 0 Å². The minimum atomic E-state index is -4.49. The predicted octanol–water partition coefficient (Wildman–Crippen LogP) is 3.38. The normalized spacial score (nSPS) is 13.6. The molecule has 0 saturated carbocycles. The Labute approximate surface area is 191 Å². The Morgan fingerprint density at radius 2 is 1.88 bits per heavy atom. The first kappa shape index (κ1) is 26.6. The zero-order valence-electron chi connectivity index (χ0n) is 19.2. The average molecular weight is 493 g/mol. The van der Waals surface area contributed by atoms with Crippen molar-refractivity contribution in [3.63, 3.8) is 0 Å². The number of fused-ring (bicyclic) bond motifs is 1. The number of amides is 1. The molecule has 1 amide bonds. The monoisotopic (exact) mass is 492 g/mol. The number of halogens is 3. The zero-order valence-corrected chi connectivity index (χ0v) is 20.0. The number of alkyl halides is 3. The SMILES string of the molecule is COC(C)Cn1c(=O)c2c(C)c(C=NNC(=O)OC(C)(C)C)sc2n(CCC(F)(F)F)c1=O. The summed E-state index contributed by atoms with van der Waals surface area (Å²) in [6.45, 7) is 7.52. The Kier molecular flexibility index (Phi) is 8.12. The van der Waals surface area contributed by atoms with Gasteiger partial charge in [0.05, 0.1) is 35.5 Å². The van der Waals surface area contributed by atoms with Crippen LogP contribution >= 0.6 is 11.3 Å². The molecule has 0 saturated heterocycles. The molecule has 9 nitrogen and oxygen atoms in total. The van der Waals surface area contributed by atoms with Gasteiger partial charge in [-0.05, 0) is 40.2 Å². The summed E-state index contributed by atoms with van der Waals surface area (Å²) in [5.41, 5.74) is 0.404. The maximum Gasteiger partial charge on any atom is 0.428 e. The quantitative estimate of drug-likeness (QED) is 0.472. The molecular formula is C20H27F3N4O5S. The number of hydrogen-bond acceptors (Lipinski definition) is 7. The molecule has 1 atom stereocenters. The molecule has 2 aromatic heterocycles. The number of thiophene rings is 1. The van der Waals surface area contributed by atoms with Crippen molar-refractivity contribution in [3.05, 3.63) is 31.3 Å². The fourth-order valence-electron chi connectivity index (χ4n) is 2.91. The molecule has 13 heteroatoms. The molecule has 0 spiro atoms. The van der Waals surface area contributed by atoms with Crippen molar-refractivity contribution in [2.45, 2.75) is 72.0 Å². The standard InChI is InChI=1S/C20H27F3N4O5S/c1-11(31-6)10-27-15(28)14-12(2)13(9-24-25-17(29)32-19(3,4)5)33-16(14)26(18(27)30)8-7-20(21,22)23/h9,11H,7-8,10H2,1-6H3,(H,25,29). The van der Waals surface area contributed by atoms with Crippen molar-refractivity contribution in [2.24, 2.45) is 5.10 Å². The van der Waals surface area contributed by atoms with Gasteiger partial charge in [0.1, 0.15) is 10.4 Å². The molecule has 33 heavy (non-hydrogen) atoms. The Morgan fingerprint density at radius 3 is 2.42 bits per heavy atom. The number of nitrogens with one attached hydrogen (secondary N) is 1. The summed E-state index contributed by atoms with van der Waals surface area (Å²) in [7, 11) is 1.40. The molecule has 184 valence electrons. The summed E-state index contributed by atoms with van der Waals surface area (Å²) >= 11 is 0.937. The molecule has 0 radical (unpaired) electrons. The van der Waals surface area contributed by atoms with Gasteiger partial charge in [-0.1, -0.05) is 0 Å². The third-order valence-electron chi connectivity index (χ3n) is 4.53. The molecule has 2 rings (SSSR count). The number of carbonyl (C=O) groups excluding carboxylic acids is 1. The third-order valence-corrected chi connectivity index (χ3v) is 5.78. The van der Waals surface area contributed by atoms with Crippen LogP contribution in [0.1, 0.15) is 44.6 Å². The van der Waals surface area contributed by atoms with Gasteiger partial charge in [-0.25, -0.2) is 15.0 Å². The molecule has 0 fully saturated rings. The summed E-state index contributed by atoms with van der Waals surface area (Å²) < 4.78 is 50.7. The van der Waals surface area contributed by atoms with Crippen molar-refractivity contribution in [1.82, 2.24) is 14.6 Å². The van der Waals surface area contributed by atoms with Crippen LogP contribution in [0.4, 0.5) is 18.0 Å². The van der Waals surface area contributed by atoms with E-state index in [1.165, 1.54) is 13.3 Å². The summed E-state index contributed by atoms with van der Waals surface area (Å²) in [5, 5.41) is 3.91. The van der Waals surface area contributed by atoms with Gasteiger partial charge in [0.25, 0.3) is 5.56 Å². The van der Waals surface area contributed by atoms with Crippen LogP contribution in [-0.2, 0) is 22.6 Å². The zero-order chi connectivity index (χ0) is 25.1. The van der Waals surface area contributed by atoms with E-state index in [1.54, 1.807) is 34.6 Å². The highest BCUT2D eigenvalue weighted by atomic mass is 32.1. The number of rotatable bonds is 7. The first-order valence-corrected chi connectivity index (χ1v) is 10.8. The van der Waals surface area contributed by atoms with Gasteiger partial charge in [0, 0.05) is 13.7 Å². The van der Waals surface area contributed by atoms with Crippen LogP contribution in [0.15, 0.2) is 14.7 Å². The fourth-order valence-corrected chi connectivity index (χ4v) is 4.10. The van der Waals surface area contributed by atoms with E-state index in [2.05, 4.69) is 10.5 Å². The van der Waals surface area contributed by atoms with Gasteiger partial charge in [0.15, 0.2) is 0 Å². The van der Waals surface area contributed by atoms with E-state index < -0.39 is 48.2 Å². The minimum Gasteiger partial charge on any atom is -0.443 e. The Hall–Kier alpha value is -2.67. The van der Waals surface area contributed by atoms with Crippen LogP contribution in [0.5, 0.6) is 0 Å². The molecule has 0 aliphatic heterocycles. The molecule has 2 aromatic rings. The Bertz CT molecular complexity index is 1160. The minimum absolute atomic E-state index is 0.104. The number of aromatic nitrogens is 2. The average Bonchev–Trinajstić information content (AvgIpc) is 2.99. The maximum absolute atomic E-state index is 13.1. The van der Waals surface area contributed by atoms with E-state index >= 15 is 0 Å². The topological polar surface area (TPSA) is 104 Å². The molecule has 0 aliphatic carbocycles. The number of ether oxygens (including phenoxy) is 2. The first-order valence-electron chi connectivity index (χ1n) is 10.0. The number of carbonyl (C=O) groups is 1. The van der Waals surface area contributed by atoms with E-state index in [-0.39, 0.29) is 16.8 Å². The van der Waals surface area contributed by atoms with E-state index in [1.807, 2.05) is 0 Å². The van der Waals surface area contributed by atoms with Crippen molar-refractivity contribution in [1.29, 1.82) is 0 Å². The smallest absolute Gasteiger partial charge is 0.428 e. The van der Waals surface area contributed by atoms with Crippen molar-refractivity contribution >= 4 is 33.9 Å². The number of hydrazone groups is 1. The van der Waals surface area contributed by atoms with Gasteiger partial charge in [-0.3, -0.25) is 13.9 Å².